The molecule has 2 aromatic rings. The smallest absolute Gasteiger partial charge is 0.315 e. The Morgan fingerprint density at radius 1 is 1.32 bits per heavy atom. The molecule has 0 fully saturated rings. The van der Waals surface area contributed by atoms with Crippen LogP contribution in [0.1, 0.15) is 49.2 Å². The molecule has 1 aliphatic heterocycles. The third-order valence-corrected chi connectivity index (χ3v) is 6.43. The molecule has 0 bridgehead atoms. The highest BCUT2D eigenvalue weighted by atomic mass is 32.1. The fourth-order valence-electron chi connectivity index (χ4n) is 3.68. The molecule has 2 amide bonds. The molecule has 0 aromatic carbocycles. The van der Waals surface area contributed by atoms with Crippen molar-refractivity contribution in [2.24, 2.45) is 0 Å². The van der Waals surface area contributed by atoms with Crippen molar-refractivity contribution in [2.45, 2.75) is 46.2 Å². The minimum absolute atomic E-state index is 0.0440. The number of likely N-dealkylation sites (N-methyl/N-ethyl adjacent to an activating group) is 1. The summed E-state index contributed by atoms with van der Waals surface area (Å²) < 4.78 is 7.49. The zero-order chi connectivity index (χ0) is 19.9. The van der Waals surface area contributed by atoms with Crippen molar-refractivity contribution >= 4 is 17.4 Å². The number of carbonyl (C=O) groups is 1. The van der Waals surface area contributed by atoms with E-state index in [-0.39, 0.29) is 12.1 Å². The summed E-state index contributed by atoms with van der Waals surface area (Å²) in [6.45, 7) is 11.4. The van der Waals surface area contributed by atoms with Crippen LogP contribution in [-0.2, 0) is 17.7 Å². The Labute approximate surface area is 171 Å². The molecule has 2 aromatic heterocycles. The summed E-state index contributed by atoms with van der Waals surface area (Å²) in [7, 11) is 0. The second-order valence-corrected chi connectivity index (χ2v) is 8.19. The summed E-state index contributed by atoms with van der Waals surface area (Å²) in [5.41, 5.74) is 2.68. The Morgan fingerprint density at radius 3 is 2.82 bits per heavy atom. The zero-order valence-corrected chi connectivity index (χ0v) is 18.0. The topological polar surface area (TPSA) is 58.5 Å². The van der Waals surface area contributed by atoms with Gasteiger partial charge >= 0.3 is 6.03 Å². The van der Waals surface area contributed by atoms with E-state index in [0.29, 0.717) is 19.8 Å². The second kappa shape index (κ2) is 10.1. The quantitative estimate of drug-likeness (QED) is 0.627. The minimum Gasteiger partial charge on any atom is -0.382 e. The lowest BCUT2D eigenvalue weighted by molar-refractivity contribution is 0.145. The Kier molecular flexibility index (Phi) is 7.53. The number of amides is 2. The molecule has 1 atom stereocenters. The largest absolute Gasteiger partial charge is 0.382 e. The van der Waals surface area contributed by atoms with Gasteiger partial charge in [-0.1, -0.05) is 6.92 Å². The Morgan fingerprint density at radius 2 is 2.11 bits per heavy atom. The summed E-state index contributed by atoms with van der Waals surface area (Å²) in [5.74, 6) is 0. The van der Waals surface area contributed by atoms with E-state index in [9.17, 15) is 4.79 Å². The van der Waals surface area contributed by atoms with E-state index in [1.54, 1.807) is 0 Å². The second-order valence-electron chi connectivity index (χ2n) is 7.10. The molecular formula is C21H32N4O2S. The first kappa shape index (κ1) is 20.9. The molecule has 0 saturated carbocycles. The van der Waals surface area contributed by atoms with Gasteiger partial charge in [0.05, 0.1) is 6.04 Å². The molecule has 0 radical (unpaired) electrons. The van der Waals surface area contributed by atoms with Crippen molar-refractivity contribution < 1.29 is 9.53 Å². The van der Waals surface area contributed by atoms with E-state index < -0.39 is 0 Å². The van der Waals surface area contributed by atoms with E-state index in [1.807, 2.05) is 30.4 Å². The van der Waals surface area contributed by atoms with Crippen molar-refractivity contribution in [2.75, 3.05) is 32.8 Å². The number of rotatable bonds is 9. The predicted molar refractivity (Wildman–Crippen MR) is 114 cm³/mol. The van der Waals surface area contributed by atoms with Crippen LogP contribution in [0.5, 0.6) is 0 Å². The van der Waals surface area contributed by atoms with Gasteiger partial charge in [-0.2, -0.15) is 0 Å². The predicted octanol–water partition coefficient (Wildman–Crippen LogP) is 3.70. The molecule has 0 unspecified atom stereocenters. The van der Waals surface area contributed by atoms with Crippen LogP contribution in [0.15, 0.2) is 24.5 Å². The monoisotopic (exact) mass is 404 g/mol. The highest BCUT2D eigenvalue weighted by Gasteiger charge is 2.27. The lowest BCUT2D eigenvalue weighted by Gasteiger charge is -2.26. The van der Waals surface area contributed by atoms with Crippen molar-refractivity contribution in [1.82, 2.24) is 20.1 Å². The number of thiophene rings is 1. The standard InChI is InChI=1S/C21H32N4O2S/c1-4-24-13-9-17-18(15-24)28-20(25-11-6-7-12-25)19(17)16(3)23-21(26)22-10-8-14-27-5-2/h6-7,11-12,16H,4-5,8-10,13-15H2,1-3H3,(H2,22,23,26)/t16-/m1/s1. The van der Waals surface area contributed by atoms with Gasteiger partial charge in [0.2, 0.25) is 0 Å². The first-order chi connectivity index (χ1) is 13.6. The molecule has 3 rings (SSSR count). The van der Waals surface area contributed by atoms with Gasteiger partial charge in [0.25, 0.3) is 0 Å². The van der Waals surface area contributed by atoms with Crippen molar-refractivity contribution in [3.8, 4) is 5.00 Å². The third kappa shape index (κ3) is 4.96. The number of urea groups is 1. The van der Waals surface area contributed by atoms with E-state index in [4.69, 9.17) is 4.74 Å². The average Bonchev–Trinajstić information content (AvgIpc) is 3.34. The van der Waals surface area contributed by atoms with Crippen LogP contribution in [0.2, 0.25) is 0 Å². The van der Waals surface area contributed by atoms with Crippen molar-refractivity contribution in [1.29, 1.82) is 0 Å². The van der Waals surface area contributed by atoms with E-state index in [2.05, 4.69) is 46.3 Å². The van der Waals surface area contributed by atoms with Gasteiger partial charge in [-0.3, -0.25) is 4.90 Å². The number of nitrogens with zero attached hydrogens (tertiary/aromatic N) is 2. The first-order valence-electron chi connectivity index (χ1n) is 10.3. The van der Waals surface area contributed by atoms with Crippen LogP contribution in [0.4, 0.5) is 4.79 Å². The number of aromatic nitrogens is 1. The van der Waals surface area contributed by atoms with Gasteiger partial charge in [-0.15, -0.1) is 11.3 Å². The van der Waals surface area contributed by atoms with Crippen LogP contribution in [0.3, 0.4) is 0 Å². The first-order valence-corrected chi connectivity index (χ1v) is 11.1. The maximum absolute atomic E-state index is 12.4. The maximum atomic E-state index is 12.4. The summed E-state index contributed by atoms with van der Waals surface area (Å²) in [6.07, 6.45) is 6.03. The highest BCUT2D eigenvalue weighted by Crippen LogP contribution is 2.39. The summed E-state index contributed by atoms with van der Waals surface area (Å²) in [5, 5.41) is 7.30. The summed E-state index contributed by atoms with van der Waals surface area (Å²) >= 11 is 1.85. The maximum Gasteiger partial charge on any atom is 0.315 e. The van der Waals surface area contributed by atoms with E-state index in [0.717, 1.165) is 32.5 Å². The number of ether oxygens (including phenoxy) is 1. The van der Waals surface area contributed by atoms with Crippen molar-refractivity contribution in [3.05, 3.63) is 40.5 Å². The summed E-state index contributed by atoms with van der Waals surface area (Å²) in [6, 6.07) is 3.93. The Bertz CT molecular complexity index is 757. The number of nitrogens with one attached hydrogen (secondary N) is 2. The van der Waals surface area contributed by atoms with Gasteiger partial charge in [-0.05, 0) is 50.9 Å². The van der Waals surface area contributed by atoms with Crippen LogP contribution >= 0.6 is 11.3 Å². The summed E-state index contributed by atoms with van der Waals surface area (Å²) in [4.78, 5) is 16.3. The van der Waals surface area contributed by atoms with E-state index >= 15 is 0 Å². The SMILES string of the molecule is CCOCCCNC(=O)N[C@H](C)c1c(-n2cccc2)sc2c1CCN(CC)C2. The molecular weight excluding hydrogens is 372 g/mol. The lowest BCUT2D eigenvalue weighted by atomic mass is 9.98. The minimum atomic E-state index is -0.117. The van der Waals surface area contributed by atoms with Crippen LogP contribution in [-0.4, -0.2) is 48.3 Å². The van der Waals surface area contributed by atoms with Crippen LogP contribution < -0.4 is 10.6 Å². The zero-order valence-electron chi connectivity index (χ0n) is 17.2. The van der Waals surface area contributed by atoms with Crippen LogP contribution in [0.25, 0.3) is 5.00 Å². The molecule has 0 spiro atoms. The molecule has 0 aliphatic carbocycles. The molecule has 0 saturated heterocycles. The molecule has 154 valence electrons. The highest BCUT2D eigenvalue weighted by molar-refractivity contribution is 7.15. The molecule has 2 N–H and O–H groups in total. The lowest BCUT2D eigenvalue weighted by Crippen LogP contribution is -2.38. The number of fused-ring (bicyclic) bond motifs is 1. The van der Waals surface area contributed by atoms with Gasteiger partial charge in [0, 0.05) is 55.7 Å². The molecule has 1 aliphatic rings. The molecule has 6 nitrogen and oxygen atoms in total. The van der Waals surface area contributed by atoms with Crippen molar-refractivity contribution in [3.63, 3.8) is 0 Å². The van der Waals surface area contributed by atoms with Gasteiger partial charge in [-0.25, -0.2) is 4.79 Å². The fourth-order valence-corrected chi connectivity index (χ4v) is 5.14. The van der Waals surface area contributed by atoms with Crippen LogP contribution in [0, 0.1) is 0 Å². The van der Waals surface area contributed by atoms with E-state index in [1.165, 1.54) is 21.0 Å². The molecule has 3 heterocycles. The number of hydrogen-bond acceptors (Lipinski definition) is 4. The molecule has 7 heteroatoms. The van der Waals surface area contributed by atoms with Gasteiger partial charge in [0.1, 0.15) is 5.00 Å². The Balaban J connectivity index is 1.73. The Hall–Kier alpha value is -1.83. The van der Waals surface area contributed by atoms with Gasteiger partial charge < -0.3 is 19.9 Å². The third-order valence-electron chi connectivity index (χ3n) is 5.18. The number of carbonyl (C=O) groups excluding carboxylic acids is 1. The fraction of sp³-hybridized carbons (Fsp3) is 0.571. The normalized spacial score (nSPS) is 15.2. The van der Waals surface area contributed by atoms with Gasteiger partial charge in [0.15, 0.2) is 0 Å². The average molecular weight is 405 g/mol. The molecule has 28 heavy (non-hydrogen) atoms. The number of hydrogen-bond donors (Lipinski definition) is 2.